The van der Waals surface area contributed by atoms with Gasteiger partial charge in [-0.15, -0.1) is 0 Å². The van der Waals surface area contributed by atoms with Gasteiger partial charge in [0.25, 0.3) is 0 Å². The van der Waals surface area contributed by atoms with Gasteiger partial charge >= 0.3 is 12.0 Å². The van der Waals surface area contributed by atoms with Crippen molar-refractivity contribution in [3.8, 4) is 0 Å². The van der Waals surface area contributed by atoms with Crippen molar-refractivity contribution < 1.29 is 14.3 Å². The van der Waals surface area contributed by atoms with E-state index in [1.54, 1.807) is 19.2 Å². The minimum Gasteiger partial charge on any atom is -0.465 e. The van der Waals surface area contributed by atoms with Crippen molar-refractivity contribution in [2.24, 2.45) is 0 Å². The number of imidazole rings is 1. The Morgan fingerprint density at radius 2 is 1.91 bits per heavy atom. The van der Waals surface area contributed by atoms with E-state index < -0.39 is 17.9 Å². The van der Waals surface area contributed by atoms with Gasteiger partial charge in [0.1, 0.15) is 5.92 Å². The van der Waals surface area contributed by atoms with Gasteiger partial charge in [0.2, 0.25) is 5.95 Å². The zero-order chi connectivity index (χ0) is 24.6. The molecule has 1 aliphatic rings. The highest BCUT2D eigenvalue weighted by Crippen LogP contribution is 2.38. The van der Waals surface area contributed by atoms with Gasteiger partial charge in [0.05, 0.1) is 24.5 Å². The molecule has 4 rings (SSSR count). The summed E-state index contributed by atoms with van der Waals surface area (Å²) in [5.74, 6) is -0.871. The summed E-state index contributed by atoms with van der Waals surface area (Å²) in [4.78, 5) is 30.7. The van der Waals surface area contributed by atoms with Crippen LogP contribution in [0, 0.1) is 6.92 Å². The average Bonchev–Trinajstić information content (AvgIpc) is 3.20. The van der Waals surface area contributed by atoms with Crippen LogP contribution in [-0.4, -0.2) is 28.2 Å². The molecule has 2 atom stereocenters. The zero-order valence-electron chi connectivity index (χ0n) is 20.0. The number of esters is 1. The number of anilines is 2. The van der Waals surface area contributed by atoms with Crippen molar-refractivity contribution in [2.45, 2.75) is 52.0 Å². The molecule has 0 radical (unpaired) electrons. The monoisotopic (exact) mass is 480 g/mol. The summed E-state index contributed by atoms with van der Waals surface area (Å²) < 4.78 is 6.77. The van der Waals surface area contributed by atoms with E-state index in [0.29, 0.717) is 22.4 Å². The maximum absolute atomic E-state index is 13.2. The minimum atomic E-state index is -0.747. The maximum atomic E-state index is 13.2. The highest BCUT2D eigenvalue weighted by Gasteiger charge is 2.42. The number of hydrogen-bond acceptors (Lipinski definition) is 5. The molecule has 2 heterocycles. The van der Waals surface area contributed by atoms with Crippen molar-refractivity contribution in [3.63, 3.8) is 0 Å². The Bertz CT molecular complexity index is 1230. The molecule has 8 heteroatoms. The van der Waals surface area contributed by atoms with Crippen LogP contribution in [0.3, 0.4) is 0 Å². The Hall–Kier alpha value is -3.32. The quantitative estimate of drug-likeness (QED) is 0.448. The number of carbonyl (C=O) groups excluding carboxylic acids is 2. The van der Waals surface area contributed by atoms with E-state index in [9.17, 15) is 9.59 Å². The molecule has 0 saturated carbocycles. The van der Waals surface area contributed by atoms with Crippen LogP contribution in [0.2, 0.25) is 5.02 Å². The summed E-state index contributed by atoms with van der Waals surface area (Å²) in [6, 6.07) is 12.5. The van der Waals surface area contributed by atoms with E-state index in [-0.39, 0.29) is 18.1 Å². The second kappa shape index (κ2) is 9.14. The molecule has 0 unspecified atom stereocenters. The van der Waals surface area contributed by atoms with Crippen LogP contribution in [0.25, 0.3) is 0 Å². The van der Waals surface area contributed by atoms with Gasteiger partial charge in [-0.3, -0.25) is 4.79 Å². The summed E-state index contributed by atoms with van der Waals surface area (Å²) in [7, 11) is 0. The fraction of sp³-hybridized carbons (Fsp3) is 0.346. The van der Waals surface area contributed by atoms with Crippen molar-refractivity contribution in [1.29, 1.82) is 0 Å². The van der Waals surface area contributed by atoms with Crippen LogP contribution >= 0.6 is 11.6 Å². The summed E-state index contributed by atoms with van der Waals surface area (Å²) >= 11 is 6.24. The first-order valence-electron chi connectivity index (χ1n) is 11.3. The second-order valence-corrected chi connectivity index (χ2v) is 9.87. The lowest BCUT2D eigenvalue weighted by Crippen LogP contribution is -2.45. The Morgan fingerprint density at radius 1 is 1.21 bits per heavy atom. The third kappa shape index (κ3) is 4.53. The maximum Gasteiger partial charge on any atom is 0.329 e. The number of halogens is 1. The van der Waals surface area contributed by atoms with Crippen molar-refractivity contribution in [3.05, 3.63) is 76.1 Å². The summed E-state index contributed by atoms with van der Waals surface area (Å²) in [6.07, 6.45) is 1.55. The van der Waals surface area contributed by atoms with E-state index >= 15 is 0 Å². The van der Waals surface area contributed by atoms with Crippen LogP contribution in [-0.2, 0) is 14.9 Å². The van der Waals surface area contributed by atoms with Crippen LogP contribution in [0.5, 0.6) is 0 Å². The molecule has 1 amide bonds. The number of fused-ring (bicyclic) bond motifs is 1. The molecule has 1 aliphatic heterocycles. The molecule has 1 aromatic heterocycles. The third-order valence-electron chi connectivity index (χ3n) is 6.03. The summed E-state index contributed by atoms with van der Waals surface area (Å²) in [5, 5.41) is 6.72. The average molecular weight is 481 g/mol. The highest BCUT2D eigenvalue weighted by molar-refractivity contribution is 6.31. The number of aromatic nitrogens is 2. The number of amides is 1. The molecule has 0 bridgehead atoms. The predicted octanol–water partition coefficient (Wildman–Crippen LogP) is 5.85. The normalized spacial score (nSPS) is 17.6. The van der Waals surface area contributed by atoms with Crippen molar-refractivity contribution >= 4 is 35.2 Å². The molecule has 0 spiro atoms. The van der Waals surface area contributed by atoms with E-state index in [2.05, 4.69) is 36.4 Å². The molecule has 0 fully saturated rings. The van der Waals surface area contributed by atoms with E-state index in [0.717, 1.165) is 11.1 Å². The molecule has 0 saturated heterocycles. The van der Waals surface area contributed by atoms with E-state index in [4.69, 9.17) is 16.3 Å². The number of hydrogen-bond donors (Lipinski definition) is 2. The number of carbonyl (C=O) groups is 2. The fourth-order valence-electron chi connectivity index (χ4n) is 4.09. The Morgan fingerprint density at radius 3 is 2.53 bits per heavy atom. The molecular formula is C26H29ClN4O3. The van der Waals surface area contributed by atoms with Gasteiger partial charge in [-0.05, 0) is 48.1 Å². The smallest absolute Gasteiger partial charge is 0.329 e. The highest BCUT2D eigenvalue weighted by atomic mass is 35.5. The number of rotatable bonds is 5. The predicted molar refractivity (Wildman–Crippen MR) is 133 cm³/mol. The summed E-state index contributed by atoms with van der Waals surface area (Å²) in [5.41, 5.74) is 4.08. The van der Waals surface area contributed by atoms with Crippen LogP contribution in [0.15, 0.2) is 48.7 Å². The lowest BCUT2D eigenvalue weighted by Gasteiger charge is -2.32. The first-order chi connectivity index (χ1) is 16.1. The Kier molecular flexibility index (Phi) is 6.41. The molecule has 0 aliphatic carbocycles. The molecule has 34 heavy (non-hydrogen) atoms. The van der Waals surface area contributed by atoms with Crippen LogP contribution in [0.4, 0.5) is 16.4 Å². The lowest BCUT2D eigenvalue weighted by atomic mass is 9.84. The fourth-order valence-corrected chi connectivity index (χ4v) is 4.27. The van der Waals surface area contributed by atoms with Gasteiger partial charge < -0.3 is 15.4 Å². The Balaban J connectivity index is 1.73. The van der Waals surface area contributed by atoms with Gasteiger partial charge in [-0.2, -0.15) is 0 Å². The lowest BCUT2D eigenvalue weighted by molar-refractivity contribution is -0.146. The minimum absolute atomic E-state index is 0.00699. The van der Waals surface area contributed by atoms with Gasteiger partial charge in [0.15, 0.2) is 0 Å². The van der Waals surface area contributed by atoms with Crippen LogP contribution in [0.1, 0.15) is 62.0 Å². The first kappa shape index (κ1) is 23.8. The van der Waals surface area contributed by atoms with Gasteiger partial charge in [-0.25, -0.2) is 14.3 Å². The topological polar surface area (TPSA) is 85.2 Å². The molecule has 7 nitrogen and oxygen atoms in total. The molecule has 2 aromatic carbocycles. The largest absolute Gasteiger partial charge is 0.465 e. The zero-order valence-corrected chi connectivity index (χ0v) is 20.7. The molecule has 3 aromatic rings. The number of aryl methyl sites for hydroxylation is 1. The van der Waals surface area contributed by atoms with Crippen LogP contribution < -0.4 is 10.6 Å². The number of benzene rings is 2. The number of nitrogens with zero attached hydrogens (tertiary/aromatic N) is 2. The molecule has 178 valence electrons. The number of ether oxygens (including phenoxy) is 1. The van der Waals surface area contributed by atoms with Gasteiger partial charge in [-0.1, -0.05) is 62.7 Å². The SMILES string of the molecule is CCOC(=O)[C@@H]1c2cnc(Nc3ccc(C)c(Cl)c3)n2C(=O)N[C@@H]1c1ccc(C(C)(C)C)cc1. The van der Waals surface area contributed by atoms with Crippen molar-refractivity contribution in [2.75, 3.05) is 11.9 Å². The molecule has 2 N–H and O–H groups in total. The number of nitrogens with one attached hydrogen (secondary N) is 2. The van der Waals surface area contributed by atoms with E-state index in [1.807, 2.05) is 43.3 Å². The summed E-state index contributed by atoms with van der Waals surface area (Å²) in [6.45, 7) is 10.3. The van der Waals surface area contributed by atoms with Crippen molar-refractivity contribution in [1.82, 2.24) is 14.9 Å². The van der Waals surface area contributed by atoms with Gasteiger partial charge in [0, 0.05) is 10.7 Å². The second-order valence-electron chi connectivity index (χ2n) is 9.46. The molecular weight excluding hydrogens is 452 g/mol. The first-order valence-corrected chi connectivity index (χ1v) is 11.7. The Labute approximate surface area is 204 Å². The standard InChI is InChI=1S/C26H29ClN4O3/c1-6-34-23(32)21-20-14-28-24(29-18-12-7-15(2)19(27)13-18)31(20)25(33)30-22(21)16-8-10-17(11-9-16)26(3,4)5/h7-14,21-22H,6H2,1-5H3,(H,28,29)(H,30,33)/t21-,22-/m1/s1. The van der Waals surface area contributed by atoms with E-state index in [1.165, 1.54) is 10.1 Å². The third-order valence-corrected chi connectivity index (χ3v) is 6.43.